The highest BCUT2D eigenvalue weighted by molar-refractivity contribution is 5.71. The van der Waals surface area contributed by atoms with E-state index in [4.69, 9.17) is 14.2 Å². The molecule has 0 heterocycles. The predicted octanol–water partition coefficient (Wildman–Crippen LogP) is 19.9. The highest BCUT2D eigenvalue weighted by atomic mass is 16.6. The van der Waals surface area contributed by atoms with E-state index in [0.29, 0.717) is 19.3 Å². The quantitative estimate of drug-likeness (QED) is 0.0261. The van der Waals surface area contributed by atoms with E-state index >= 15 is 0 Å². The van der Waals surface area contributed by atoms with Gasteiger partial charge in [0.2, 0.25) is 0 Å². The lowest BCUT2D eigenvalue weighted by Crippen LogP contribution is -2.30. The summed E-state index contributed by atoms with van der Waals surface area (Å²) in [6.07, 6.45) is 79.4. The minimum Gasteiger partial charge on any atom is -0.462 e. The molecular weight excluding hydrogens is 877 g/mol. The van der Waals surface area contributed by atoms with Crippen molar-refractivity contribution in [1.82, 2.24) is 0 Å². The standard InChI is InChI=1S/C65H108O6/c1-4-7-10-13-16-19-22-25-28-30-32-34-37-40-43-46-49-52-55-58-64(67)70-61-62(60-69-63(66)57-54-51-48-45-42-39-36-27-24-21-18-15-12-9-6-3)71-65(68)59-56-53-50-47-44-41-38-35-33-31-29-26-23-20-17-14-11-8-5-2/h8-9,11-12,17-18,20-21,26-27,29,33,35-36,41-42,44-45,62H,4-7,10,13-16,19,22-25,28,30-32,34,37-40,43,46-61H2,1-3H3/b11-8-,12-9-,20-17-,21-18-,29-26-,35-33-,36-27-,44-41-,45-42-/t62-/m1/s1. The summed E-state index contributed by atoms with van der Waals surface area (Å²) in [5, 5.41) is 0. The number of carbonyl (C=O) groups is 3. The zero-order valence-electron chi connectivity index (χ0n) is 46.2. The Balaban J connectivity index is 4.48. The normalized spacial score (nSPS) is 12.9. The molecule has 6 nitrogen and oxygen atoms in total. The van der Waals surface area contributed by atoms with E-state index in [9.17, 15) is 14.4 Å². The van der Waals surface area contributed by atoms with Crippen LogP contribution < -0.4 is 0 Å². The molecule has 0 aromatic heterocycles. The van der Waals surface area contributed by atoms with Crippen LogP contribution in [0.3, 0.4) is 0 Å². The van der Waals surface area contributed by atoms with Crippen molar-refractivity contribution in [3.63, 3.8) is 0 Å². The maximum Gasteiger partial charge on any atom is 0.306 e. The van der Waals surface area contributed by atoms with Crippen molar-refractivity contribution in [2.24, 2.45) is 0 Å². The molecule has 0 saturated carbocycles. The van der Waals surface area contributed by atoms with E-state index in [-0.39, 0.29) is 37.5 Å². The van der Waals surface area contributed by atoms with Gasteiger partial charge in [0.1, 0.15) is 13.2 Å². The molecule has 0 N–H and O–H groups in total. The molecule has 1 atom stereocenters. The van der Waals surface area contributed by atoms with Crippen LogP contribution in [0.2, 0.25) is 0 Å². The topological polar surface area (TPSA) is 78.9 Å². The molecule has 0 aliphatic rings. The van der Waals surface area contributed by atoms with E-state index < -0.39 is 6.10 Å². The number of unbranched alkanes of at least 4 members (excludes halogenated alkanes) is 23. The summed E-state index contributed by atoms with van der Waals surface area (Å²) in [6.45, 7) is 6.36. The molecule has 0 aromatic rings. The second-order valence-electron chi connectivity index (χ2n) is 19.1. The fraction of sp³-hybridized carbons (Fsp3) is 0.677. The summed E-state index contributed by atoms with van der Waals surface area (Å²) in [7, 11) is 0. The molecule has 0 fully saturated rings. The maximum atomic E-state index is 12.9. The Bertz CT molecular complexity index is 1460. The van der Waals surface area contributed by atoms with E-state index in [1.165, 1.54) is 103 Å². The molecule has 0 aliphatic carbocycles. The van der Waals surface area contributed by atoms with E-state index in [1.54, 1.807) is 0 Å². The summed E-state index contributed by atoms with van der Waals surface area (Å²) in [5.74, 6) is -0.976. The number of carbonyl (C=O) groups excluding carboxylic acids is 3. The van der Waals surface area contributed by atoms with Gasteiger partial charge in [-0.15, -0.1) is 0 Å². The number of hydrogen-bond donors (Lipinski definition) is 0. The third kappa shape index (κ3) is 56.9. The average Bonchev–Trinajstić information content (AvgIpc) is 3.37. The number of hydrogen-bond acceptors (Lipinski definition) is 6. The Labute approximate surface area is 438 Å². The summed E-state index contributed by atoms with van der Waals surface area (Å²) in [5.41, 5.74) is 0. The SMILES string of the molecule is CC/C=C\C/C=C\C/C=C\C/C=C\C/C=C\CCCCCC(=O)O[C@H](COC(=O)CCCC/C=C\C/C=C\C/C=C\C/C=C\CC)COC(=O)CCCCCCCCCCCCCCCCCCCCC. The van der Waals surface area contributed by atoms with Crippen molar-refractivity contribution in [3.05, 3.63) is 109 Å². The van der Waals surface area contributed by atoms with Gasteiger partial charge in [-0.3, -0.25) is 14.4 Å². The van der Waals surface area contributed by atoms with E-state index in [2.05, 4.69) is 130 Å². The number of allylic oxidation sites excluding steroid dienone is 18. The van der Waals surface area contributed by atoms with Crippen molar-refractivity contribution in [1.29, 1.82) is 0 Å². The smallest absolute Gasteiger partial charge is 0.306 e. The number of ether oxygens (including phenoxy) is 3. The molecule has 0 bridgehead atoms. The molecule has 0 aliphatic heterocycles. The fourth-order valence-electron chi connectivity index (χ4n) is 7.93. The van der Waals surface area contributed by atoms with Crippen LogP contribution in [0.25, 0.3) is 0 Å². The highest BCUT2D eigenvalue weighted by Gasteiger charge is 2.19. The summed E-state index contributed by atoms with van der Waals surface area (Å²) in [4.78, 5) is 38.2. The molecule has 0 radical (unpaired) electrons. The van der Waals surface area contributed by atoms with Crippen LogP contribution in [0.4, 0.5) is 0 Å². The zero-order valence-corrected chi connectivity index (χ0v) is 46.2. The summed E-state index contributed by atoms with van der Waals surface area (Å²) < 4.78 is 16.8. The second kappa shape index (κ2) is 58.6. The lowest BCUT2D eigenvalue weighted by Gasteiger charge is -2.18. The van der Waals surface area contributed by atoms with Crippen LogP contribution in [0, 0.1) is 0 Å². The Morgan fingerprint density at radius 1 is 0.296 bits per heavy atom. The van der Waals surface area contributed by atoms with Crippen molar-refractivity contribution >= 4 is 17.9 Å². The first-order chi connectivity index (χ1) is 35.0. The molecular formula is C65H108O6. The molecule has 6 heteroatoms. The van der Waals surface area contributed by atoms with E-state index in [1.807, 2.05) is 0 Å². The minimum absolute atomic E-state index is 0.104. The molecule has 0 unspecified atom stereocenters. The average molecular weight is 986 g/mol. The van der Waals surface area contributed by atoms with Crippen LogP contribution in [0.1, 0.15) is 265 Å². The minimum atomic E-state index is -0.814. The third-order valence-corrected chi connectivity index (χ3v) is 12.3. The lowest BCUT2D eigenvalue weighted by molar-refractivity contribution is -0.167. The first-order valence-electron chi connectivity index (χ1n) is 29.4. The van der Waals surface area contributed by atoms with Gasteiger partial charge in [-0.2, -0.15) is 0 Å². The maximum absolute atomic E-state index is 12.9. The Morgan fingerprint density at radius 2 is 0.549 bits per heavy atom. The van der Waals surface area contributed by atoms with Crippen molar-refractivity contribution in [3.8, 4) is 0 Å². The van der Waals surface area contributed by atoms with Crippen molar-refractivity contribution in [2.45, 2.75) is 271 Å². The summed E-state index contributed by atoms with van der Waals surface area (Å²) in [6, 6.07) is 0. The fourth-order valence-corrected chi connectivity index (χ4v) is 7.93. The van der Waals surface area contributed by atoms with Gasteiger partial charge in [0.05, 0.1) is 0 Å². The largest absolute Gasteiger partial charge is 0.462 e. The molecule has 0 saturated heterocycles. The van der Waals surface area contributed by atoms with Gasteiger partial charge in [-0.1, -0.05) is 252 Å². The Hall–Kier alpha value is -3.93. The highest BCUT2D eigenvalue weighted by Crippen LogP contribution is 2.16. The first kappa shape index (κ1) is 67.1. The predicted molar refractivity (Wildman–Crippen MR) is 307 cm³/mol. The zero-order chi connectivity index (χ0) is 51.4. The van der Waals surface area contributed by atoms with Crippen LogP contribution in [0.5, 0.6) is 0 Å². The Kier molecular flexibility index (Phi) is 55.4. The molecule has 0 amide bonds. The molecule has 404 valence electrons. The first-order valence-corrected chi connectivity index (χ1v) is 29.4. The summed E-state index contributed by atoms with van der Waals surface area (Å²) >= 11 is 0. The monoisotopic (exact) mass is 985 g/mol. The van der Waals surface area contributed by atoms with Crippen LogP contribution in [0.15, 0.2) is 109 Å². The lowest BCUT2D eigenvalue weighted by atomic mass is 10.0. The van der Waals surface area contributed by atoms with E-state index in [0.717, 1.165) is 116 Å². The van der Waals surface area contributed by atoms with Crippen molar-refractivity contribution in [2.75, 3.05) is 13.2 Å². The molecule has 71 heavy (non-hydrogen) atoms. The van der Waals surface area contributed by atoms with Crippen molar-refractivity contribution < 1.29 is 28.6 Å². The molecule has 0 rings (SSSR count). The van der Waals surface area contributed by atoms with Crippen LogP contribution in [-0.2, 0) is 28.6 Å². The van der Waals surface area contributed by atoms with Gasteiger partial charge in [-0.05, 0) is 103 Å². The third-order valence-electron chi connectivity index (χ3n) is 12.3. The molecule has 0 aromatic carbocycles. The Morgan fingerprint density at radius 3 is 0.887 bits per heavy atom. The van der Waals surface area contributed by atoms with Gasteiger partial charge in [-0.25, -0.2) is 0 Å². The second-order valence-corrected chi connectivity index (χ2v) is 19.1. The van der Waals surface area contributed by atoms with Gasteiger partial charge < -0.3 is 14.2 Å². The number of esters is 3. The van der Waals surface area contributed by atoms with Gasteiger partial charge in [0.15, 0.2) is 6.10 Å². The van der Waals surface area contributed by atoms with Crippen LogP contribution >= 0.6 is 0 Å². The van der Waals surface area contributed by atoms with Gasteiger partial charge in [0.25, 0.3) is 0 Å². The number of rotatable bonds is 52. The van der Waals surface area contributed by atoms with Gasteiger partial charge in [0, 0.05) is 19.3 Å². The van der Waals surface area contributed by atoms with Crippen LogP contribution in [-0.4, -0.2) is 37.2 Å². The van der Waals surface area contributed by atoms with Gasteiger partial charge >= 0.3 is 17.9 Å². The molecule has 0 spiro atoms.